The van der Waals surface area contributed by atoms with Crippen molar-refractivity contribution in [3.05, 3.63) is 156 Å². The van der Waals surface area contributed by atoms with Crippen molar-refractivity contribution in [3.8, 4) is 223 Å². The number of hydrogen-bond donors (Lipinski definition) is 0. The molecule has 698 valence electrons. The summed E-state index contributed by atoms with van der Waals surface area (Å²) in [7, 11) is 4.61. The van der Waals surface area contributed by atoms with Gasteiger partial charge in [-0.15, -0.1) is 37.1 Å². The van der Waals surface area contributed by atoms with Crippen LogP contribution in [0.15, 0.2) is 128 Å². The molecule has 0 fully saturated rings. The number of esters is 4. The second-order valence-corrected chi connectivity index (χ2v) is 31.5. The van der Waals surface area contributed by atoms with Gasteiger partial charge < -0.3 is 47.4 Å². The van der Waals surface area contributed by atoms with Gasteiger partial charge in [0.2, 0.25) is 11.5 Å². The molecule has 7 aromatic rings. The van der Waals surface area contributed by atoms with Crippen LogP contribution in [0.2, 0.25) is 0 Å². The minimum atomic E-state index is -0.814. The molecule has 0 N–H and O–H groups in total. The van der Waals surface area contributed by atoms with Crippen molar-refractivity contribution in [3.63, 3.8) is 0 Å². The van der Waals surface area contributed by atoms with E-state index < -0.39 is 23.9 Å². The Bertz CT molecular complexity index is 5480. The Kier molecular flexibility index (Phi) is 59.2. The Morgan fingerprint density at radius 3 is 0.836 bits per heavy atom. The molecule has 0 bridgehead atoms. The van der Waals surface area contributed by atoms with Gasteiger partial charge in [-0.3, -0.25) is 9.97 Å². The fourth-order valence-corrected chi connectivity index (χ4v) is 13.8. The SMILES string of the molecule is C#CC#CC#CC#CC#CC#COc1cc(C(=O)Oc2ccc(OC(=O)c3ccc(-c4[c-]c(-c5ccc(C(=O)Oc6ccc(OC(=O)c7cc(OCCCCCCCCCCCC)c(OCCCCCCCCCCCC)c(OCCCCCCCCCCCC)c7)cc6)cn5)ccc4)nc3)cc2)cc(OCCCCCCCCCCCC)c1OC#CC#CC#CC#CC#CC#C.[Cl][Pt+]. The normalized spacial score (nSPS) is 9.80. The average Bonchev–Trinajstić information content (AvgIpc) is 0.815. The van der Waals surface area contributed by atoms with Crippen molar-refractivity contribution < 1.29 is 85.3 Å². The van der Waals surface area contributed by atoms with Crippen LogP contribution < -0.4 is 47.4 Å². The van der Waals surface area contributed by atoms with Gasteiger partial charge >= 0.3 is 52.1 Å². The fraction of sp³-hybridized carbons (Fsp3) is 0.414. The topological polar surface area (TPSA) is 186 Å². The summed E-state index contributed by atoms with van der Waals surface area (Å²) in [6.45, 7) is 10.7. The molecule has 0 aliphatic rings. The molecule has 134 heavy (non-hydrogen) atoms. The van der Waals surface area contributed by atoms with Gasteiger partial charge in [0.1, 0.15) is 35.2 Å². The summed E-state index contributed by atoms with van der Waals surface area (Å²) < 4.78 is 61.1. The van der Waals surface area contributed by atoms with Crippen LogP contribution >= 0.6 is 9.42 Å². The van der Waals surface area contributed by atoms with Crippen LogP contribution in [0.1, 0.15) is 326 Å². The number of aromatic nitrogens is 2. The predicted octanol–water partition coefficient (Wildman–Crippen LogP) is 26.3. The molecular weight excluding hydrogens is 1880 g/mol. The second-order valence-electron chi connectivity index (χ2n) is 31.5. The third-order valence-electron chi connectivity index (χ3n) is 20.9. The number of pyridine rings is 2. The molecule has 2 heterocycles. The maximum atomic E-state index is 14.2. The van der Waals surface area contributed by atoms with E-state index in [1.165, 1.54) is 229 Å². The van der Waals surface area contributed by atoms with Gasteiger partial charge in [-0.1, -0.05) is 294 Å². The fourth-order valence-electron chi connectivity index (χ4n) is 13.8. The maximum absolute atomic E-state index is 14.2. The molecule has 7 rings (SSSR count). The number of carbonyl (C=O) groups excluding carboxylic acids is 4. The van der Waals surface area contributed by atoms with Crippen molar-refractivity contribution in [2.75, 3.05) is 26.4 Å². The molecule has 18 heteroatoms. The number of terminal acetylenes is 2. The molecule has 2 aromatic heterocycles. The van der Waals surface area contributed by atoms with Gasteiger partial charge in [0.25, 0.3) is 0 Å². The number of nitrogens with zero attached hydrogens (tertiary/aromatic N) is 2. The number of halogens is 1. The van der Waals surface area contributed by atoms with Crippen molar-refractivity contribution in [1.82, 2.24) is 9.97 Å². The summed E-state index contributed by atoms with van der Waals surface area (Å²) in [6.07, 6.45) is 65.3. The third-order valence-corrected chi connectivity index (χ3v) is 20.9. The molecule has 16 nitrogen and oxygen atoms in total. The second kappa shape index (κ2) is 72.4. The molecule has 0 amide bonds. The van der Waals surface area contributed by atoms with Crippen LogP contribution in [0.3, 0.4) is 0 Å². The van der Waals surface area contributed by atoms with E-state index in [0.717, 1.165) is 70.6 Å². The summed E-state index contributed by atoms with van der Waals surface area (Å²) >= 11 is 1.61. The average molecular weight is 2000 g/mol. The number of benzene rings is 5. The van der Waals surface area contributed by atoms with E-state index in [0.29, 0.717) is 66.0 Å². The van der Waals surface area contributed by atoms with Crippen LogP contribution in [0, 0.1) is 150 Å². The van der Waals surface area contributed by atoms with E-state index in [2.05, 4.69) is 184 Å². The molecule has 0 unspecified atom stereocenters. The Hall–Kier alpha value is -13.2. The summed E-state index contributed by atoms with van der Waals surface area (Å²) in [5, 5.41) is 0. The predicted molar refractivity (Wildman–Crippen MR) is 529 cm³/mol. The van der Waals surface area contributed by atoms with Gasteiger partial charge in [-0.25, -0.2) is 19.2 Å². The number of unbranched alkanes of at least 4 members (excludes halogenated alkanes) is 36. The standard InChI is InChI=1S/C116H123N2O14.ClH.Pt/c1-7-13-19-25-31-37-43-49-55-61-82-123-107-89-99(90-108(124-83-62-56-50-44-38-32-26-20-14-8-2)111(107)127-86-65-59-53-47-41-35-29-23-17-11-5)115(121)131-103-76-72-101(73-77-103)129-113(119)97-70-80-105(117-93-97)95-68-67-69-96(88-95)106-81-71-98(94-118-106)114(120)130-102-74-78-104(79-75-102)132-116(122)100-91-109(125-84-63-57-51-45-39-33-27-21-15-9-3)112(128-87-66-60-54-48-42-36-30-24-18-12-6)110(92-100)126-85-64-58-52-46-40-34-28-22-16-10-4;;/h1,5,67-81,89-94H,8-10,12,14-16,18,20-22,24,26-28,30,32-34,36,38-40,42,44-46,48,50-52,54,56-58,60,62-64,66,83-85,87H2,2-4,6H3;1H;/q-1;;+2/p-1. The molecular formula is C116H123ClN2O14Pt. The van der Waals surface area contributed by atoms with Crippen LogP contribution in [-0.4, -0.2) is 60.3 Å². The Morgan fingerprint density at radius 1 is 0.291 bits per heavy atom. The van der Waals surface area contributed by atoms with Crippen molar-refractivity contribution in [1.29, 1.82) is 0 Å². The molecule has 0 atom stereocenters. The van der Waals surface area contributed by atoms with Crippen molar-refractivity contribution in [2.24, 2.45) is 0 Å². The van der Waals surface area contributed by atoms with Crippen molar-refractivity contribution in [2.45, 2.75) is 285 Å². The quantitative estimate of drug-likeness (QED) is 0.0115. The molecule has 0 aliphatic heterocycles. The molecule has 5 aromatic carbocycles. The number of rotatable bonds is 60. The molecule has 0 spiro atoms. The van der Waals surface area contributed by atoms with Crippen LogP contribution in [0.5, 0.6) is 57.5 Å². The number of carbonyl (C=O) groups is 4. The zero-order valence-electron chi connectivity index (χ0n) is 78.2. The van der Waals surface area contributed by atoms with Gasteiger partial charge in [0, 0.05) is 89.1 Å². The zero-order valence-corrected chi connectivity index (χ0v) is 81.2. The van der Waals surface area contributed by atoms with Crippen LogP contribution in [0.4, 0.5) is 0 Å². The molecule has 0 saturated carbocycles. The first-order valence-corrected chi connectivity index (χ1v) is 50.1. The van der Waals surface area contributed by atoms with Gasteiger partial charge in [0.05, 0.1) is 48.7 Å². The number of ether oxygens (including phenoxy) is 10. The van der Waals surface area contributed by atoms with Gasteiger partial charge in [-0.2, -0.15) is 0 Å². The van der Waals surface area contributed by atoms with Crippen LogP contribution in [-0.2, 0) is 18.8 Å². The Morgan fingerprint density at radius 2 is 0.545 bits per heavy atom. The Labute approximate surface area is 813 Å². The third kappa shape index (κ3) is 47.2. The van der Waals surface area contributed by atoms with Gasteiger partial charge in [0.15, 0.2) is 23.0 Å². The van der Waals surface area contributed by atoms with E-state index in [9.17, 15) is 19.2 Å². The summed E-state index contributed by atoms with van der Waals surface area (Å²) in [4.78, 5) is 64.7. The van der Waals surface area contributed by atoms with Crippen molar-refractivity contribution >= 4 is 33.3 Å². The minimum absolute atomic E-state index is 0.00991. The van der Waals surface area contributed by atoms with E-state index >= 15 is 0 Å². The van der Waals surface area contributed by atoms with E-state index in [-0.39, 0.29) is 69.1 Å². The summed E-state index contributed by atoms with van der Waals surface area (Å²) in [6, 6.07) is 33.7. The summed E-state index contributed by atoms with van der Waals surface area (Å²) in [5.74, 6) is 48.8. The van der Waals surface area contributed by atoms with E-state index in [1.54, 1.807) is 79.4 Å². The van der Waals surface area contributed by atoms with E-state index in [1.807, 2.05) is 18.2 Å². The van der Waals surface area contributed by atoms with Crippen LogP contribution in [0.25, 0.3) is 22.5 Å². The van der Waals surface area contributed by atoms with Gasteiger partial charge in [-0.05, 0) is 152 Å². The number of hydrogen-bond acceptors (Lipinski definition) is 16. The monoisotopic (exact) mass is 2000 g/mol. The molecule has 0 saturated heterocycles. The Balaban J connectivity index is 0.0000137. The molecule has 0 radical (unpaired) electrons. The first-order valence-electron chi connectivity index (χ1n) is 47.3. The molecule has 0 aliphatic carbocycles. The van der Waals surface area contributed by atoms with E-state index in [4.69, 9.17) is 60.2 Å². The summed E-state index contributed by atoms with van der Waals surface area (Å²) in [5.41, 5.74) is 2.86. The zero-order chi connectivity index (χ0) is 95.4. The first kappa shape index (κ1) is 110. The first-order chi connectivity index (χ1) is 66.0.